The fourth-order valence-electron chi connectivity index (χ4n) is 4.30. The molecule has 0 aliphatic heterocycles. The van der Waals surface area contributed by atoms with Gasteiger partial charge in [-0.15, -0.1) is 0 Å². The Morgan fingerprint density at radius 3 is 2.40 bits per heavy atom. The predicted molar refractivity (Wildman–Crippen MR) is 141 cm³/mol. The topological polar surface area (TPSA) is 59.8 Å². The van der Waals surface area contributed by atoms with Crippen LogP contribution in [0.25, 0.3) is 27.8 Å². The van der Waals surface area contributed by atoms with E-state index in [1.54, 1.807) is 0 Å². The fourth-order valence-corrected chi connectivity index (χ4v) is 4.30. The first-order valence-corrected chi connectivity index (χ1v) is 11.9. The molecule has 0 aliphatic rings. The molecule has 5 rings (SSSR count). The van der Waals surface area contributed by atoms with Gasteiger partial charge in [0.1, 0.15) is 0 Å². The molecule has 5 aromatic rings. The van der Waals surface area contributed by atoms with Crippen molar-refractivity contribution >= 4 is 16.8 Å². The van der Waals surface area contributed by atoms with Gasteiger partial charge in [0.25, 0.3) is 5.91 Å². The maximum atomic E-state index is 13.3. The van der Waals surface area contributed by atoms with Crippen LogP contribution < -0.4 is 5.32 Å². The fraction of sp³-hybridized carbons (Fsp3) is 0.167. The van der Waals surface area contributed by atoms with Crippen molar-refractivity contribution in [3.05, 3.63) is 114 Å². The number of pyridine rings is 1. The van der Waals surface area contributed by atoms with Crippen LogP contribution in [0.5, 0.6) is 0 Å². The van der Waals surface area contributed by atoms with Crippen molar-refractivity contribution in [2.24, 2.45) is 0 Å². The van der Waals surface area contributed by atoms with Gasteiger partial charge in [0.05, 0.1) is 34.4 Å². The number of hydrogen-bond donors (Lipinski definition) is 1. The van der Waals surface area contributed by atoms with Gasteiger partial charge in [-0.05, 0) is 48.2 Å². The van der Waals surface area contributed by atoms with E-state index in [2.05, 4.69) is 48.5 Å². The van der Waals surface area contributed by atoms with Gasteiger partial charge in [-0.25, -0.2) is 9.67 Å². The lowest BCUT2D eigenvalue weighted by atomic mass is 10.0. The molecule has 2 heterocycles. The second kappa shape index (κ2) is 9.55. The maximum absolute atomic E-state index is 13.3. The van der Waals surface area contributed by atoms with Crippen LogP contribution in [0.15, 0.2) is 91.1 Å². The molecule has 0 fully saturated rings. The van der Waals surface area contributed by atoms with Crippen molar-refractivity contribution in [3.63, 3.8) is 0 Å². The smallest absolute Gasteiger partial charge is 0.252 e. The normalized spacial score (nSPS) is 11.2. The molecule has 0 spiro atoms. The van der Waals surface area contributed by atoms with Gasteiger partial charge in [0.15, 0.2) is 0 Å². The van der Waals surface area contributed by atoms with Crippen molar-refractivity contribution in [3.8, 4) is 16.9 Å². The highest BCUT2D eigenvalue weighted by atomic mass is 16.1. The van der Waals surface area contributed by atoms with E-state index in [-0.39, 0.29) is 5.91 Å². The van der Waals surface area contributed by atoms with Crippen molar-refractivity contribution in [2.75, 3.05) is 0 Å². The van der Waals surface area contributed by atoms with Crippen molar-refractivity contribution < 1.29 is 4.79 Å². The first-order valence-electron chi connectivity index (χ1n) is 11.9. The summed E-state index contributed by atoms with van der Waals surface area (Å²) in [5, 5.41) is 8.53. The Labute approximate surface area is 205 Å². The molecule has 0 saturated heterocycles. The van der Waals surface area contributed by atoms with E-state index < -0.39 is 0 Å². The summed E-state index contributed by atoms with van der Waals surface area (Å²) >= 11 is 0. The summed E-state index contributed by atoms with van der Waals surface area (Å²) in [5.41, 5.74) is 7.34. The number of amides is 1. The van der Waals surface area contributed by atoms with Crippen LogP contribution >= 0.6 is 0 Å². The van der Waals surface area contributed by atoms with E-state index >= 15 is 0 Å². The van der Waals surface area contributed by atoms with E-state index in [4.69, 9.17) is 4.98 Å². The summed E-state index contributed by atoms with van der Waals surface area (Å²) in [6.07, 6.45) is 1.83. The van der Waals surface area contributed by atoms with E-state index in [0.717, 1.165) is 39.1 Å². The average Bonchev–Trinajstić information content (AvgIpc) is 3.28. The Hall–Kier alpha value is -4.25. The highest BCUT2D eigenvalue weighted by Crippen LogP contribution is 2.28. The number of carbonyl (C=O) groups excluding carboxylic acids is 1. The molecule has 0 unspecified atom stereocenters. The summed E-state index contributed by atoms with van der Waals surface area (Å²) in [7, 11) is 0. The van der Waals surface area contributed by atoms with Crippen LogP contribution in [0.1, 0.15) is 46.9 Å². The lowest BCUT2D eigenvalue weighted by Crippen LogP contribution is -2.23. The van der Waals surface area contributed by atoms with Crippen LogP contribution in [0.2, 0.25) is 0 Å². The molecule has 0 saturated carbocycles. The van der Waals surface area contributed by atoms with Gasteiger partial charge < -0.3 is 5.32 Å². The van der Waals surface area contributed by atoms with E-state index in [0.29, 0.717) is 18.0 Å². The van der Waals surface area contributed by atoms with Gasteiger partial charge in [0.2, 0.25) is 0 Å². The Morgan fingerprint density at radius 2 is 1.66 bits per heavy atom. The highest BCUT2D eigenvalue weighted by molar-refractivity contribution is 6.07. The molecule has 3 aromatic carbocycles. The SMILES string of the molecule is Cc1c(-c2cc(C(=O)NCc3ccccc3)c3ccccc3n2)cnn1-c1ccc(C(C)C)cc1. The van der Waals surface area contributed by atoms with E-state index in [1.165, 1.54) is 5.56 Å². The first-order chi connectivity index (χ1) is 17.0. The van der Waals surface area contributed by atoms with Crippen molar-refractivity contribution in [1.82, 2.24) is 20.1 Å². The minimum atomic E-state index is -0.122. The lowest BCUT2D eigenvalue weighted by Gasteiger charge is -2.11. The number of benzene rings is 3. The number of rotatable bonds is 6. The van der Waals surface area contributed by atoms with Crippen LogP contribution in [0.3, 0.4) is 0 Å². The zero-order chi connectivity index (χ0) is 24.4. The lowest BCUT2D eigenvalue weighted by molar-refractivity contribution is 0.0952. The van der Waals surface area contributed by atoms with Crippen LogP contribution in [-0.4, -0.2) is 20.7 Å². The molecule has 5 heteroatoms. The summed E-state index contributed by atoms with van der Waals surface area (Å²) in [6, 6.07) is 28.0. The Kier molecular flexibility index (Phi) is 6.15. The number of nitrogens with zero attached hydrogens (tertiary/aromatic N) is 3. The van der Waals surface area contributed by atoms with Gasteiger partial charge in [-0.2, -0.15) is 5.10 Å². The predicted octanol–water partition coefficient (Wildman–Crippen LogP) is 6.45. The van der Waals surface area contributed by atoms with Crippen LogP contribution in [0, 0.1) is 6.92 Å². The van der Waals surface area contributed by atoms with Gasteiger partial charge in [-0.3, -0.25) is 4.79 Å². The maximum Gasteiger partial charge on any atom is 0.252 e. The quantitative estimate of drug-likeness (QED) is 0.317. The number of fused-ring (bicyclic) bond motifs is 1. The molecule has 1 N–H and O–H groups in total. The van der Waals surface area contributed by atoms with Gasteiger partial charge in [0, 0.05) is 17.5 Å². The van der Waals surface area contributed by atoms with Crippen LogP contribution in [0.4, 0.5) is 0 Å². The second-order valence-electron chi connectivity index (χ2n) is 9.04. The summed E-state index contributed by atoms with van der Waals surface area (Å²) in [4.78, 5) is 18.1. The van der Waals surface area contributed by atoms with E-state index in [9.17, 15) is 4.79 Å². The third-order valence-electron chi connectivity index (χ3n) is 6.35. The minimum absolute atomic E-state index is 0.122. The standard InChI is InChI=1S/C30H28N4O/c1-20(2)23-13-15-24(16-14-23)34-21(3)27(19-32-34)29-17-26(25-11-7-8-12-28(25)33-29)30(35)31-18-22-9-5-4-6-10-22/h4-17,19-20H,18H2,1-3H3,(H,31,35). The Balaban J connectivity index is 1.51. The average molecular weight is 461 g/mol. The van der Waals surface area contributed by atoms with Crippen molar-refractivity contribution in [2.45, 2.75) is 33.2 Å². The molecule has 1 amide bonds. The highest BCUT2D eigenvalue weighted by Gasteiger charge is 2.17. The number of carbonyl (C=O) groups is 1. The first kappa shape index (κ1) is 22.5. The number of hydrogen-bond acceptors (Lipinski definition) is 3. The molecule has 174 valence electrons. The molecule has 0 atom stereocenters. The zero-order valence-corrected chi connectivity index (χ0v) is 20.2. The number of para-hydroxylation sites is 1. The number of nitrogens with one attached hydrogen (secondary N) is 1. The Morgan fingerprint density at radius 1 is 0.943 bits per heavy atom. The van der Waals surface area contributed by atoms with Crippen LogP contribution in [-0.2, 0) is 6.54 Å². The zero-order valence-electron chi connectivity index (χ0n) is 20.2. The third-order valence-corrected chi connectivity index (χ3v) is 6.35. The third kappa shape index (κ3) is 4.58. The number of aromatic nitrogens is 3. The van der Waals surface area contributed by atoms with Gasteiger partial charge >= 0.3 is 0 Å². The molecule has 2 aromatic heterocycles. The molecular weight excluding hydrogens is 432 g/mol. The van der Waals surface area contributed by atoms with Gasteiger partial charge in [-0.1, -0.05) is 74.5 Å². The minimum Gasteiger partial charge on any atom is -0.348 e. The molecule has 5 nitrogen and oxygen atoms in total. The summed E-state index contributed by atoms with van der Waals surface area (Å²) in [5.74, 6) is 0.356. The Bertz CT molecular complexity index is 1480. The molecule has 35 heavy (non-hydrogen) atoms. The molecule has 0 bridgehead atoms. The molecule has 0 radical (unpaired) electrons. The van der Waals surface area contributed by atoms with E-state index in [1.807, 2.05) is 78.5 Å². The molecular formula is C30H28N4O. The molecule has 0 aliphatic carbocycles. The summed E-state index contributed by atoms with van der Waals surface area (Å²) in [6.45, 7) is 6.87. The monoisotopic (exact) mass is 460 g/mol. The summed E-state index contributed by atoms with van der Waals surface area (Å²) < 4.78 is 1.92. The van der Waals surface area contributed by atoms with Crippen molar-refractivity contribution in [1.29, 1.82) is 0 Å². The second-order valence-corrected chi connectivity index (χ2v) is 9.04. The largest absolute Gasteiger partial charge is 0.348 e.